The van der Waals surface area contributed by atoms with Crippen LogP contribution in [-0.4, -0.2) is 62.1 Å². The molecular formula is C23H53N2O8P. The van der Waals surface area contributed by atoms with E-state index in [9.17, 15) is 4.57 Å². The van der Waals surface area contributed by atoms with Crippen molar-refractivity contribution < 1.29 is 39.3 Å². The molecule has 1 atom stereocenters. The van der Waals surface area contributed by atoms with E-state index in [0.717, 1.165) is 25.2 Å². The van der Waals surface area contributed by atoms with Gasteiger partial charge in [-0.1, -0.05) is 97.3 Å². The van der Waals surface area contributed by atoms with Crippen LogP contribution in [0, 0.1) is 5.92 Å². The van der Waals surface area contributed by atoms with Crippen LogP contribution in [0.4, 0.5) is 0 Å². The normalized spacial score (nSPS) is 13.1. The third kappa shape index (κ3) is 36.4. The average Bonchev–Trinajstić information content (AvgIpc) is 2.70. The summed E-state index contributed by atoms with van der Waals surface area (Å²) in [5, 5.41) is 36.4. The summed E-state index contributed by atoms with van der Waals surface area (Å²) < 4.78 is 14.9. The fraction of sp³-hybridized carbons (Fsp3) is 1.00. The zero-order valence-electron chi connectivity index (χ0n) is 21.4. The Kier molecular flexibility index (Phi) is 24.7. The first-order chi connectivity index (χ1) is 15.9. The van der Waals surface area contributed by atoms with Crippen LogP contribution in [0.25, 0.3) is 0 Å². The summed E-state index contributed by atoms with van der Waals surface area (Å²) in [6.07, 6.45) is 16.1. The van der Waals surface area contributed by atoms with Crippen LogP contribution in [-0.2, 0) is 9.09 Å². The van der Waals surface area contributed by atoms with Gasteiger partial charge in [0.25, 0.3) is 5.97 Å². The van der Waals surface area contributed by atoms with Gasteiger partial charge in [-0.2, -0.15) is 0 Å². The quantitative estimate of drug-likeness (QED) is 0.0604. The van der Waals surface area contributed by atoms with Gasteiger partial charge in [0.1, 0.15) is 6.23 Å². The maximum atomic E-state index is 10.5. The molecule has 0 aromatic heterocycles. The van der Waals surface area contributed by atoms with Crippen molar-refractivity contribution in [3.63, 3.8) is 0 Å². The third-order valence-corrected chi connectivity index (χ3v) is 5.70. The molecule has 0 bridgehead atoms. The number of unbranched alkanes of at least 4 members (excludes halogenated alkanes) is 12. The van der Waals surface area contributed by atoms with Crippen LogP contribution < -0.4 is 11.1 Å². The molecule has 208 valence electrons. The first-order valence-electron chi connectivity index (χ1n) is 12.9. The highest BCUT2D eigenvalue weighted by molar-refractivity contribution is 7.46. The maximum absolute atomic E-state index is 10.5. The Labute approximate surface area is 206 Å². The minimum atomic E-state index is -4.26. The van der Waals surface area contributed by atoms with E-state index in [1.165, 1.54) is 70.6 Å². The van der Waals surface area contributed by atoms with E-state index in [2.05, 4.69) is 23.7 Å². The van der Waals surface area contributed by atoms with Crippen molar-refractivity contribution in [3.8, 4) is 0 Å². The summed E-state index contributed by atoms with van der Waals surface area (Å²) in [5.41, 5.74) is 5.08. The van der Waals surface area contributed by atoms with Gasteiger partial charge in [-0.15, -0.1) is 0 Å². The van der Waals surface area contributed by atoms with Gasteiger partial charge >= 0.3 is 7.82 Å². The molecule has 0 aliphatic rings. The molecule has 34 heavy (non-hydrogen) atoms. The van der Waals surface area contributed by atoms with Gasteiger partial charge in [0.05, 0.1) is 13.0 Å². The van der Waals surface area contributed by atoms with E-state index < -0.39 is 26.4 Å². The molecule has 0 rings (SSSR count). The van der Waals surface area contributed by atoms with Crippen LogP contribution in [0.3, 0.4) is 0 Å². The average molecular weight is 517 g/mol. The molecular weight excluding hydrogens is 463 g/mol. The predicted octanol–water partition coefficient (Wildman–Crippen LogP) is 3.09. The SMILES string of the molecule is CC(C)CCCCCCCCCCCCCCCOP(=O)(O)O.NCCNC(O)CC(O)(O)O. The maximum Gasteiger partial charge on any atom is 0.469 e. The van der Waals surface area contributed by atoms with Crippen molar-refractivity contribution in [1.82, 2.24) is 5.32 Å². The Hall–Kier alpha value is -0.130. The standard InChI is InChI=1S/C18H39O4P.C5H14N2O4/c1-18(2)16-14-12-10-8-6-4-3-5-7-9-11-13-15-17-22-23(19,20)21;6-1-2-7-4(8)3-5(9,10)11/h18H,3-17H2,1-2H3,(H2,19,20,21);4,7-11H,1-3,6H2. The summed E-state index contributed by atoms with van der Waals surface area (Å²) in [6.45, 7) is 5.44. The van der Waals surface area contributed by atoms with Gasteiger partial charge in [-0.3, -0.25) is 9.84 Å². The first-order valence-corrected chi connectivity index (χ1v) is 14.4. The Morgan fingerprint density at radius 3 is 1.59 bits per heavy atom. The van der Waals surface area contributed by atoms with E-state index >= 15 is 0 Å². The van der Waals surface area contributed by atoms with Crippen molar-refractivity contribution >= 4 is 7.82 Å². The summed E-state index contributed by atoms with van der Waals surface area (Å²) in [4.78, 5) is 17.1. The molecule has 0 aliphatic carbocycles. The second-order valence-corrected chi connectivity index (χ2v) is 10.6. The molecule has 11 heteroatoms. The molecule has 0 fully saturated rings. The number of phosphoric acid groups is 1. The molecule has 9 N–H and O–H groups in total. The number of hydrogen-bond donors (Lipinski definition) is 8. The highest BCUT2D eigenvalue weighted by Crippen LogP contribution is 2.35. The molecule has 0 aromatic rings. The molecule has 0 radical (unpaired) electrons. The number of rotatable bonds is 22. The van der Waals surface area contributed by atoms with Gasteiger partial charge in [0.15, 0.2) is 0 Å². The number of aliphatic hydroxyl groups is 4. The minimum Gasteiger partial charge on any atom is -0.378 e. The zero-order chi connectivity index (χ0) is 26.3. The second kappa shape index (κ2) is 23.3. The number of hydrogen-bond acceptors (Lipinski definition) is 8. The van der Waals surface area contributed by atoms with Gasteiger partial charge < -0.3 is 35.9 Å². The molecule has 0 aromatic carbocycles. The third-order valence-electron chi connectivity index (χ3n) is 5.18. The van der Waals surface area contributed by atoms with E-state index in [0.29, 0.717) is 13.1 Å². The molecule has 0 amide bonds. The van der Waals surface area contributed by atoms with Gasteiger partial charge in [-0.05, 0) is 12.3 Å². The summed E-state index contributed by atoms with van der Waals surface area (Å²) in [5.74, 6) is -1.98. The van der Waals surface area contributed by atoms with E-state index in [4.69, 9.17) is 35.9 Å². The minimum absolute atomic E-state index is 0.168. The largest absolute Gasteiger partial charge is 0.469 e. The molecule has 10 nitrogen and oxygen atoms in total. The lowest BCUT2D eigenvalue weighted by molar-refractivity contribution is -0.323. The lowest BCUT2D eigenvalue weighted by Crippen LogP contribution is -2.41. The van der Waals surface area contributed by atoms with Crippen LogP contribution in [0.2, 0.25) is 0 Å². The van der Waals surface area contributed by atoms with Crippen LogP contribution in [0.5, 0.6) is 0 Å². The number of nitrogens with one attached hydrogen (secondary N) is 1. The molecule has 1 unspecified atom stereocenters. The van der Waals surface area contributed by atoms with Crippen molar-refractivity contribution in [1.29, 1.82) is 0 Å². The number of phosphoric ester groups is 1. The Bertz CT molecular complexity index is 472. The molecule has 0 spiro atoms. The molecule has 0 heterocycles. The Morgan fingerprint density at radius 1 is 0.824 bits per heavy atom. The van der Waals surface area contributed by atoms with Crippen molar-refractivity contribution in [2.24, 2.45) is 11.7 Å². The predicted molar refractivity (Wildman–Crippen MR) is 135 cm³/mol. The van der Waals surface area contributed by atoms with Gasteiger partial charge in [0, 0.05) is 13.1 Å². The monoisotopic (exact) mass is 516 g/mol. The first kappa shape index (κ1) is 36.0. The fourth-order valence-electron chi connectivity index (χ4n) is 3.36. The zero-order valence-corrected chi connectivity index (χ0v) is 22.3. The van der Waals surface area contributed by atoms with E-state index in [1.807, 2.05) is 0 Å². The van der Waals surface area contributed by atoms with Crippen molar-refractivity contribution in [3.05, 3.63) is 0 Å². The molecule has 0 saturated carbocycles. The summed E-state index contributed by atoms with van der Waals surface area (Å²) in [6, 6.07) is 0. The van der Waals surface area contributed by atoms with Gasteiger partial charge in [-0.25, -0.2) is 4.57 Å². The summed E-state index contributed by atoms with van der Waals surface area (Å²) >= 11 is 0. The Morgan fingerprint density at radius 2 is 1.24 bits per heavy atom. The smallest absolute Gasteiger partial charge is 0.378 e. The van der Waals surface area contributed by atoms with Crippen molar-refractivity contribution in [2.75, 3.05) is 19.7 Å². The fourth-order valence-corrected chi connectivity index (χ4v) is 3.73. The lowest BCUT2D eigenvalue weighted by Gasteiger charge is -2.18. The van der Waals surface area contributed by atoms with Gasteiger partial charge in [0.2, 0.25) is 0 Å². The number of nitrogens with two attached hydrogens (primary N) is 1. The number of aliphatic hydroxyl groups excluding tert-OH is 1. The lowest BCUT2D eigenvalue weighted by atomic mass is 10.0. The van der Waals surface area contributed by atoms with E-state index in [1.54, 1.807) is 0 Å². The highest BCUT2D eigenvalue weighted by atomic mass is 31.2. The molecule has 0 saturated heterocycles. The van der Waals surface area contributed by atoms with Crippen LogP contribution in [0.1, 0.15) is 110 Å². The van der Waals surface area contributed by atoms with Crippen LogP contribution >= 0.6 is 7.82 Å². The highest BCUT2D eigenvalue weighted by Gasteiger charge is 2.22. The van der Waals surface area contributed by atoms with E-state index in [-0.39, 0.29) is 6.61 Å². The Balaban J connectivity index is 0. The van der Waals surface area contributed by atoms with Crippen LogP contribution in [0.15, 0.2) is 0 Å². The topological polar surface area (TPSA) is 186 Å². The van der Waals surface area contributed by atoms with Crippen molar-refractivity contribution in [2.45, 2.75) is 122 Å². The summed E-state index contributed by atoms with van der Waals surface area (Å²) in [7, 11) is -4.26. The molecule has 0 aliphatic heterocycles. The second-order valence-electron chi connectivity index (χ2n) is 9.34.